The molecule has 0 bridgehead atoms. The molecule has 2 heterocycles. The lowest BCUT2D eigenvalue weighted by molar-refractivity contribution is -0.118. The number of hydrogen-bond donors (Lipinski definition) is 2. The van der Waals surface area contributed by atoms with E-state index in [1.54, 1.807) is 0 Å². The van der Waals surface area contributed by atoms with Gasteiger partial charge in [0.15, 0.2) is 0 Å². The fourth-order valence-electron chi connectivity index (χ4n) is 2.19. The third kappa shape index (κ3) is 2.45. The molecule has 100 valence electrons. The summed E-state index contributed by atoms with van der Waals surface area (Å²) in [6.07, 6.45) is 2.74. The molecule has 0 saturated carbocycles. The summed E-state index contributed by atoms with van der Waals surface area (Å²) in [5.74, 6) is 0.523. The summed E-state index contributed by atoms with van der Waals surface area (Å²) in [5, 5.41) is 8.98. The molecule has 1 fully saturated rings. The standard InChI is InChI=1S/C12H18N2O4/c1-2-18-12(3-5-17-6-4-12)11-13-7-9(8-15)10(16)14-11/h7,15H,2-6,8H2,1H3,(H,13,14,16). The zero-order valence-corrected chi connectivity index (χ0v) is 10.4. The Morgan fingerprint density at radius 3 is 2.83 bits per heavy atom. The quantitative estimate of drug-likeness (QED) is 0.807. The number of aromatic nitrogens is 2. The fraction of sp³-hybridized carbons (Fsp3) is 0.667. The molecule has 0 atom stereocenters. The molecule has 1 aromatic rings. The molecular formula is C12H18N2O4. The van der Waals surface area contributed by atoms with Crippen LogP contribution in [0.2, 0.25) is 0 Å². The summed E-state index contributed by atoms with van der Waals surface area (Å²) in [7, 11) is 0. The number of H-pyrrole nitrogens is 1. The molecule has 0 spiro atoms. The van der Waals surface area contributed by atoms with Gasteiger partial charge in [-0.3, -0.25) is 4.79 Å². The second kappa shape index (κ2) is 5.60. The Labute approximate surface area is 105 Å². The minimum absolute atomic E-state index is 0.262. The van der Waals surface area contributed by atoms with Crippen molar-refractivity contribution in [3.8, 4) is 0 Å². The number of hydrogen-bond acceptors (Lipinski definition) is 5. The maximum Gasteiger partial charge on any atom is 0.256 e. The van der Waals surface area contributed by atoms with E-state index in [1.165, 1.54) is 6.20 Å². The van der Waals surface area contributed by atoms with E-state index in [-0.39, 0.29) is 17.7 Å². The van der Waals surface area contributed by atoms with E-state index < -0.39 is 5.60 Å². The molecule has 0 aliphatic carbocycles. The van der Waals surface area contributed by atoms with E-state index in [0.717, 1.165) is 0 Å². The third-order valence-electron chi connectivity index (χ3n) is 3.20. The number of rotatable bonds is 4. The SMILES string of the molecule is CCOC1(c2ncc(CO)c(=O)[nH]2)CCOCC1. The third-order valence-corrected chi connectivity index (χ3v) is 3.20. The van der Waals surface area contributed by atoms with Gasteiger partial charge in [-0.15, -0.1) is 0 Å². The number of aliphatic hydroxyl groups excluding tert-OH is 1. The second-order valence-electron chi connectivity index (χ2n) is 4.28. The van der Waals surface area contributed by atoms with E-state index in [4.69, 9.17) is 14.6 Å². The van der Waals surface area contributed by atoms with Crippen LogP contribution in [0.1, 0.15) is 31.2 Å². The largest absolute Gasteiger partial charge is 0.391 e. The van der Waals surface area contributed by atoms with Crippen LogP contribution in [-0.4, -0.2) is 34.9 Å². The van der Waals surface area contributed by atoms with Gasteiger partial charge in [0.25, 0.3) is 5.56 Å². The van der Waals surface area contributed by atoms with Gasteiger partial charge >= 0.3 is 0 Å². The monoisotopic (exact) mass is 254 g/mol. The van der Waals surface area contributed by atoms with Gasteiger partial charge in [0.2, 0.25) is 0 Å². The molecular weight excluding hydrogens is 236 g/mol. The van der Waals surface area contributed by atoms with Crippen molar-refractivity contribution in [3.05, 3.63) is 27.9 Å². The maximum atomic E-state index is 11.7. The van der Waals surface area contributed by atoms with Crippen LogP contribution in [0.25, 0.3) is 0 Å². The van der Waals surface area contributed by atoms with Crippen LogP contribution in [-0.2, 0) is 21.7 Å². The highest BCUT2D eigenvalue weighted by Crippen LogP contribution is 2.33. The first-order chi connectivity index (χ1) is 8.72. The van der Waals surface area contributed by atoms with Crippen molar-refractivity contribution < 1.29 is 14.6 Å². The minimum atomic E-state index is -0.569. The van der Waals surface area contributed by atoms with Crippen molar-refractivity contribution in [2.24, 2.45) is 0 Å². The molecule has 6 heteroatoms. The van der Waals surface area contributed by atoms with Crippen LogP contribution in [0.5, 0.6) is 0 Å². The molecule has 0 radical (unpaired) electrons. The van der Waals surface area contributed by atoms with Gasteiger partial charge in [-0.05, 0) is 6.92 Å². The van der Waals surface area contributed by atoms with Gasteiger partial charge in [-0.1, -0.05) is 0 Å². The summed E-state index contributed by atoms with van der Waals surface area (Å²) < 4.78 is 11.1. The Balaban J connectivity index is 2.36. The normalized spacial score (nSPS) is 18.8. The van der Waals surface area contributed by atoms with Crippen molar-refractivity contribution in [1.29, 1.82) is 0 Å². The van der Waals surface area contributed by atoms with Gasteiger partial charge in [0.1, 0.15) is 11.4 Å². The fourth-order valence-corrected chi connectivity index (χ4v) is 2.19. The number of nitrogens with zero attached hydrogens (tertiary/aromatic N) is 1. The molecule has 1 saturated heterocycles. The average molecular weight is 254 g/mol. The topological polar surface area (TPSA) is 84.4 Å². The molecule has 6 nitrogen and oxygen atoms in total. The maximum absolute atomic E-state index is 11.7. The first kappa shape index (κ1) is 13.2. The summed E-state index contributed by atoms with van der Waals surface area (Å²) >= 11 is 0. The lowest BCUT2D eigenvalue weighted by atomic mass is 9.93. The van der Waals surface area contributed by atoms with Crippen LogP contribution in [0, 0.1) is 0 Å². The molecule has 0 unspecified atom stereocenters. The van der Waals surface area contributed by atoms with Crippen molar-refractivity contribution in [2.75, 3.05) is 19.8 Å². The Kier molecular flexibility index (Phi) is 4.11. The number of aliphatic hydroxyl groups is 1. The number of aromatic amines is 1. The van der Waals surface area contributed by atoms with Gasteiger partial charge in [0.05, 0.1) is 12.2 Å². The van der Waals surface area contributed by atoms with Crippen molar-refractivity contribution >= 4 is 0 Å². The molecule has 0 aromatic carbocycles. The zero-order chi connectivity index (χ0) is 13.0. The lowest BCUT2D eigenvalue weighted by Gasteiger charge is -2.35. The Hall–Kier alpha value is -1.24. The van der Waals surface area contributed by atoms with Crippen molar-refractivity contribution in [1.82, 2.24) is 9.97 Å². The lowest BCUT2D eigenvalue weighted by Crippen LogP contribution is -2.39. The summed E-state index contributed by atoms with van der Waals surface area (Å²) in [5.41, 5.74) is -0.620. The highest BCUT2D eigenvalue weighted by Gasteiger charge is 2.37. The smallest absolute Gasteiger partial charge is 0.256 e. The molecule has 2 rings (SSSR count). The highest BCUT2D eigenvalue weighted by atomic mass is 16.5. The van der Waals surface area contributed by atoms with Gasteiger partial charge in [-0.2, -0.15) is 0 Å². The Morgan fingerprint density at radius 1 is 1.56 bits per heavy atom. The van der Waals surface area contributed by atoms with Gasteiger partial charge < -0.3 is 19.6 Å². The van der Waals surface area contributed by atoms with E-state index in [1.807, 2.05) is 6.92 Å². The molecule has 18 heavy (non-hydrogen) atoms. The van der Waals surface area contributed by atoms with Crippen LogP contribution >= 0.6 is 0 Å². The second-order valence-corrected chi connectivity index (χ2v) is 4.28. The zero-order valence-electron chi connectivity index (χ0n) is 10.4. The molecule has 0 amide bonds. The summed E-state index contributed by atoms with van der Waals surface area (Å²) in [4.78, 5) is 18.7. The average Bonchev–Trinajstić information content (AvgIpc) is 2.40. The van der Waals surface area contributed by atoms with Crippen LogP contribution in [0.3, 0.4) is 0 Å². The molecule has 1 aliphatic rings. The van der Waals surface area contributed by atoms with E-state index >= 15 is 0 Å². The number of ether oxygens (including phenoxy) is 2. The summed E-state index contributed by atoms with van der Waals surface area (Å²) in [6.45, 7) is 3.33. The number of nitrogens with one attached hydrogen (secondary N) is 1. The van der Waals surface area contributed by atoms with E-state index in [0.29, 0.717) is 38.5 Å². The first-order valence-corrected chi connectivity index (χ1v) is 6.13. The van der Waals surface area contributed by atoms with Crippen LogP contribution in [0.15, 0.2) is 11.0 Å². The van der Waals surface area contributed by atoms with E-state index in [2.05, 4.69) is 9.97 Å². The van der Waals surface area contributed by atoms with Gasteiger partial charge in [-0.25, -0.2) is 4.98 Å². The molecule has 1 aliphatic heterocycles. The Morgan fingerprint density at radius 2 is 2.28 bits per heavy atom. The molecule has 2 N–H and O–H groups in total. The van der Waals surface area contributed by atoms with E-state index in [9.17, 15) is 4.79 Å². The van der Waals surface area contributed by atoms with Crippen LogP contribution < -0.4 is 5.56 Å². The van der Waals surface area contributed by atoms with Crippen molar-refractivity contribution in [2.45, 2.75) is 32.0 Å². The summed E-state index contributed by atoms with van der Waals surface area (Å²) in [6, 6.07) is 0. The predicted molar refractivity (Wildman–Crippen MR) is 64.1 cm³/mol. The minimum Gasteiger partial charge on any atom is -0.391 e. The first-order valence-electron chi connectivity index (χ1n) is 6.13. The van der Waals surface area contributed by atoms with Crippen molar-refractivity contribution in [3.63, 3.8) is 0 Å². The van der Waals surface area contributed by atoms with Crippen LogP contribution in [0.4, 0.5) is 0 Å². The Bertz CT molecular complexity index is 446. The predicted octanol–water partition coefficient (Wildman–Crippen LogP) is 0.304. The van der Waals surface area contributed by atoms with Gasteiger partial charge in [0, 0.05) is 38.9 Å². The highest BCUT2D eigenvalue weighted by molar-refractivity contribution is 5.10. The molecule has 1 aromatic heterocycles.